The van der Waals surface area contributed by atoms with Gasteiger partial charge in [-0.25, -0.2) is 0 Å². The van der Waals surface area contributed by atoms with Crippen LogP contribution in [0.4, 0.5) is 0 Å². The van der Waals surface area contributed by atoms with Crippen LogP contribution in [0.5, 0.6) is 0 Å². The van der Waals surface area contributed by atoms with Crippen LogP contribution in [-0.4, -0.2) is 28.6 Å². The summed E-state index contributed by atoms with van der Waals surface area (Å²) in [4.78, 5) is 11.6. The number of rotatable bonds is 6. The molecule has 0 aliphatic heterocycles. The molecular formula is C13H19NO2S. The van der Waals surface area contributed by atoms with Crippen molar-refractivity contribution >= 4 is 17.7 Å². The Kier molecular flexibility index (Phi) is 6.08. The van der Waals surface area contributed by atoms with Gasteiger partial charge >= 0.3 is 0 Å². The molecule has 0 spiro atoms. The standard InChI is InChI=1S/C13H19NO2S/c1-10(2)17-9-13(16)14-12(8-15)11-6-4-3-5-7-11/h3-7,10,12,15H,8-9H2,1-2H3,(H,14,16)/t12-/m1/s1. The summed E-state index contributed by atoms with van der Waals surface area (Å²) in [5.41, 5.74) is 0.929. The molecule has 94 valence electrons. The summed E-state index contributed by atoms with van der Waals surface area (Å²) >= 11 is 1.59. The highest BCUT2D eigenvalue weighted by molar-refractivity contribution is 8.00. The maximum absolute atomic E-state index is 11.6. The summed E-state index contributed by atoms with van der Waals surface area (Å²) in [5, 5.41) is 12.5. The Balaban J connectivity index is 2.50. The molecular weight excluding hydrogens is 234 g/mol. The summed E-state index contributed by atoms with van der Waals surface area (Å²) in [7, 11) is 0. The molecule has 0 aliphatic rings. The smallest absolute Gasteiger partial charge is 0.230 e. The predicted molar refractivity (Wildman–Crippen MR) is 72.0 cm³/mol. The molecule has 4 heteroatoms. The molecule has 3 nitrogen and oxygen atoms in total. The highest BCUT2D eigenvalue weighted by Crippen LogP contribution is 2.13. The van der Waals surface area contributed by atoms with Crippen LogP contribution in [0.15, 0.2) is 30.3 Å². The lowest BCUT2D eigenvalue weighted by Crippen LogP contribution is -2.32. The molecule has 0 fully saturated rings. The van der Waals surface area contributed by atoms with E-state index in [0.29, 0.717) is 11.0 Å². The van der Waals surface area contributed by atoms with Gasteiger partial charge in [0.05, 0.1) is 18.4 Å². The Bertz CT molecular complexity index is 341. The fourth-order valence-electron chi connectivity index (χ4n) is 1.40. The quantitative estimate of drug-likeness (QED) is 0.815. The molecule has 0 saturated carbocycles. The van der Waals surface area contributed by atoms with E-state index in [1.165, 1.54) is 0 Å². The number of hydrogen-bond acceptors (Lipinski definition) is 3. The molecule has 1 aromatic rings. The molecule has 17 heavy (non-hydrogen) atoms. The first kappa shape index (κ1) is 14.1. The summed E-state index contributed by atoms with van der Waals surface area (Å²) < 4.78 is 0. The van der Waals surface area contributed by atoms with Crippen molar-refractivity contribution in [3.05, 3.63) is 35.9 Å². The normalized spacial score (nSPS) is 12.5. The van der Waals surface area contributed by atoms with Crippen molar-refractivity contribution in [2.45, 2.75) is 25.1 Å². The highest BCUT2D eigenvalue weighted by atomic mass is 32.2. The zero-order valence-electron chi connectivity index (χ0n) is 10.2. The van der Waals surface area contributed by atoms with E-state index in [1.54, 1.807) is 11.8 Å². The van der Waals surface area contributed by atoms with E-state index in [1.807, 2.05) is 30.3 Å². The van der Waals surface area contributed by atoms with Crippen LogP contribution in [-0.2, 0) is 4.79 Å². The van der Waals surface area contributed by atoms with Crippen LogP contribution in [0, 0.1) is 0 Å². The van der Waals surface area contributed by atoms with Crippen LogP contribution < -0.4 is 5.32 Å². The first-order valence-corrected chi connectivity index (χ1v) is 6.75. The summed E-state index contributed by atoms with van der Waals surface area (Å²) in [5.74, 6) is 0.396. The minimum absolute atomic E-state index is 0.0356. The molecule has 1 aromatic carbocycles. The first-order valence-electron chi connectivity index (χ1n) is 5.70. The second-order valence-electron chi connectivity index (χ2n) is 4.07. The van der Waals surface area contributed by atoms with Crippen LogP contribution in [0.25, 0.3) is 0 Å². The van der Waals surface area contributed by atoms with Crippen molar-refractivity contribution in [2.24, 2.45) is 0 Å². The number of amides is 1. The Morgan fingerprint density at radius 3 is 2.53 bits per heavy atom. The van der Waals surface area contributed by atoms with E-state index >= 15 is 0 Å². The van der Waals surface area contributed by atoms with Gasteiger partial charge in [0.2, 0.25) is 5.91 Å². The Labute approximate surface area is 107 Å². The van der Waals surface area contributed by atoms with Crippen molar-refractivity contribution in [1.29, 1.82) is 0 Å². The van der Waals surface area contributed by atoms with Crippen LogP contribution in [0.3, 0.4) is 0 Å². The van der Waals surface area contributed by atoms with Crippen LogP contribution >= 0.6 is 11.8 Å². The zero-order valence-corrected chi connectivity index (χ0v) is 11.0. The number of aliphatic hydroxyl groups is 1. The van der Waals surface area contributed by atoms with Crippen molar-refractivity contribution in [3.63, 3.8) is 0 Å². The lowest BCUT2D eigenvalue weighted by Gasteiger charge is -2.16. The van der Waals surface area contributed by atoms with Gasteiger partial charge in [-0.3, -0.25) is 4.79 Å². The van der Waals surface area contributed by atoms with Gasteiger partial charge in [0, 0.05) is 0 Å². The zero-order chi connectivity index (χ0) is 12.7. The third-order valence-corrected chi connectivity index (χ3v) is 3.36. The Hall–Kier alpha value is -1.00. The van der Waals surface area contributed by atoms with Gasteiger partial charge in [0.25, 0.3) is 0 Å². The monoisotopic (exact) mass is 253 g/mol. The molecule has 0 aliphatic carbocycles. The predicted octanol–water partition coefficient (Wildman–Crippen LogP) is 1.98. The summed E-state index contributed by atoms with van der Waals surface area (Å²) in [6, 6.07) is 9.19. The summed E-state index contributed by atoms with van der Waals surface area (Å²) in [6.07, 6.45) is 0. The molecule has 1 rings (SSSR count). The second kappa shape index (κ2) is 7.35. The van der Waals surface area contributed by atoms with E-state index < -0.39 is 0 Å². The number of carbonyl (C=O) groups excluding carboxylic acids is 1. The fourth-order valence-corrected chi connectivity index (χ4v) is 1.97. The number of nitrogens with one attached hydrogen (secondary N) is 1. The molecule has 0 saturated heterocycles. The van der Waals surface area contributed by atoms with Gasteiger partial charge in [-0.2, -0.15) is 0 Å². The molecule has 0 unspecified atom stereocenters. The Morgan fingerprint density at radius 1 is 1.35 bits per heavy atom. The number of aliphatic hydroxyl groups excluding tert-OH is 1. The van der Waals surface area contributed by atoms with E-state index in [-0.39, 0.29) is 18.6 Å². The Morgan fingerprint density at radius 2 is 2.00 bits per heavy atom. The molecule has 2 N–H and O–H groups in total. The van der Waals surface area contributed by atoms with Gasteiger partial charge in [0.1, 0.15) is 0 Å². The fraction of sp³-hybridized carbons (Fsp3) is 0.462. The summed E-state index contributed by atoms with van der Waals surface area (Å²) in [6.45, 7) is 4.03. The number of hydrogen-bond donors (Lipinski definition) is 2. The lowest BCUT2D eigenvalue weighted by molar-refractivity contribution is -0.119. The maximum Gasteiger partial charge on any atom is 0.230 e. The van der Waals surface area contributed by atoms with Crippen molar-refractivity contribution in [3.8, 4) is 0 Å². The van der Waals surface area contributed by atoms with Gasteiger partial charge in [0.15, 0.2) is 0 Å². The number of benzene rings is 1. The van der Waals surface area contributed by atoms with Crippen molar-refractivity contribution < 1.29 is 9.90 Å². The molecule has 1 amide bonds. The third kappa shape index (κ3) is 5.24. The van der Waals surface area contributed by atoms with Gasteiger partial charge < -0.3 is 10.4 Å². The highest BCUT2D eigenvalue weighted by Gasteiger charge is 2.13. The SMILES string of the molecule is CC(C)SCC(=O)N[C@H](CO)c1ccccc1. The van der Waals surface area contributed by atoms with Gasteiger partial charge in [-0.1, -0.05) is 44.2 Å². The maximum atomic E-state index is 11.6. The van der Waals surface area contributed by atoms with E-state index in [4.69, 9.17) is 0 Å². The lowest BCUT2D eigenvalue weighted by atomic mass is 10.1. The largest absolute Gasteiger partial charge is 0.394 e. The molecule has 0 aromatic heterocycles. The molecule has 0 bridgehead atoms. The number of thioether (sulfide) groups is 1. The van der Waals surface area contributed by atoms with Crippen LogP contribution in [0.2, 0.25) is 0 Å². The van der Waals surface area contributed by atoms with Crippen molar-refractivity contribution in [1.82, 2.24) is 5.32 Å². The minimum atomic E-state index is -0.309. The average Bonchev–Trinajstić information content (AvgIpc) is 2.34. The average molecular weight is 253 g/mol. The van der Waals surface area contributed by atoms with E-state index in [2.05, 4.69) is 19.2 Å². The molecule has 0 radical (unpaired) electrons. The molecule has 0 heterocycles. The van der Waals surface area contributed by atoms with Gasteiger partial charge in [-0.05, 0) is 10.8 Å². The van der Waals surface area contributed by atoms with E-state index in [9.17, 15) is 9.90 Å². The first-order chi connectivity index (χ1) is 8.13. The van der Waals surface area contributed by atoms with Gasteiger partial charge in [-0.15, -0.1) is 11.8 Å². The molecule has 1 atom stereocenters. The second-order valence-corrected chi connectivity index (χ2v) is 5.64. The topological polar surface area (TPSA) is 49.3 Å². The van der Waals surface area contributed by atoms with Crippen LogP contribution in [0.1, 0.15) is 25.5 Å². The van der Waals surface area contributed by atoms with E-state index in [0.717, 1.165) is 5.56 Å². The third-order valence-electron chi connectivity index (χ3n) is 2.27. The minimum Gasteiger partial charge on any atom is -0.394 e. The number of carbonyl (C=O) groups is 1. The van der Waals surface area contributed by atoms with Crippen molar-refractivity contribution in [2.75, 3.05) is 12.4 Å².